The fraction of sp³-hybridized carbons (Fsp3) is 0.462. The van der Waals surface area contributed by atoms with Crippen LogP contribution in [0.25, 0.3) is 0 Å². The van der Waals surface area contributed by atoms with Crippen LogP contribution in [0.1, 0.15) is 32.8 Å². The van der Waals surface area contributed by atoms with Crippen LogP contribution in [-0.2, 0) is 10.2 Å². The summed E-state index contributed by atoms with van der Waals surface area (Å²) in [5, 5.41) is 2.71. The molecule has 0 aliphatic carbocycles. The Labute approximate surface area is 95.8 Å². The van der Waals surface area contributed by atoms with E-state index < -0.39 is 0 Å². The third-order valence-corrected chi connectivity index (χ3v) is 2.66. The van der Waals surface area contributed by atoms with Crippen LogP contribution in [0.4, 0.5) is 0 Å². The van der Waals surface area contributed by atoms with Crippen LogP contribution in [-0.4, -0.2) is 12.1 Å². The molecular weight excluding hydrogens is 202 g/mol. The number of benzene rings is 1. The van der Waals surface area contributed by atoms with Crippen molar-refractivity contribution in [3.8, 4) is 5.75 Å². The minimum Gasteiger partial charge on any atom is -0.470 e. The monoisotopic (exact) mass is 219 g/mol. The molecule has 1 N–H and O–H groups in total. The highest BCUT2D eigenvalue weighted by Gasteiger charge is 2.28. The lowest BCUT2D eigenvalue weighted by molar-refractivity contribution is -0.134. The molecule has 3 heteroatoms. The van der Waals surface area contributed by atoms with Crippen molar-refractivity contribution in [3.63, 3.8) is 0 Å². The van der Waals surface area contributed by atoms with Gasteiger partial charge in [0.15, 0.2) is 6.23 Å². The van der Waals surface area contributed by atoms with Crippen molar-refractivity contribution < 1.29 is 9.53 Å². The lowest BCUT2D eigenvalue weighted by Crippen LogP contribution is -2.52. The second kappa shape index (κ2) is 3.81. The summed E-state index contributed by atoms with van der Waals surface area (Å²) in [7, 11) is 0. The highest BCUT2D eigenvalue weighted by molar-refractivity contribution is 5.82. The number of carbonyl (C=O) groups is 1. The molecule has 1 saturated heterocycles. The molecule has 3 nitrogen and oxygen atoms in total. The molecule has 0 bridgehead atoms. The summed E-state index contributed by atoms with van der Waals surface area (Å²) in [5.74, 6) is 0.915. The molecule has 1 aliphatic heterocycles. The van der Waals surface area contributed by atoms with E-state index in [-0.39, 0.29) is 17.6 Å². The van der Waals surface area contributed by atoms with Gasteiger partial charge in [-0.05, 0) is 17.0 Å². The van der Waals surface area contributed by atoms with Gasteiger partial charge in [-0.25, -0.2) is 0 Å². The normalized spacial score (nSPS) is 19.9. The first kappa shape index (κ1) is 11.0. The number of β-lactam (4-membered cyclic amide) rings is 1. The molecule has 0 spiro atoms. The molecule has 0 aromatic heterocycles. The molecule has 1 aromatic carbocycles. The van der Waals surface area contributed by atoms with E-state index in [2.05, 4.69) is 32.2 Å². The van der Waals surface area contributed by atoms with Crippen LogP contribution in [0.3, 0.4) is 0 Å². The van der Waals surface area contributed by atoms with Gasteiger partial charge in [-0.15, -0.1) is 0 Å². The van der Waals surface area contributed by atoms with E-state index in [0.29, 0.717) is 6.42 Å². The largest absolute Gasteiger partial charge is 0.470 e. The Kier molecular flexibility index (Phi) is 2.62. The van der Waals surface area contributed by atoms with Gasteiger partial charge >= 0.3 is 0 Å². The number of hydrogen-bond acceptors (Lipinski definition) is 2. The molecule has 1 aliphatic rings. The number of hydrogen-bond donors (Lipinski definition) is 1. The van der Waals surface area contributed by atoms with Crippen molar-refractivity contribution in [3.05, 3.63) is 29.8 Å². The van der Waals surface area contributed by atoms with E-state index in [1.165, 1.54) is 0 Å². The molecule has 0 unspecified atom stereocenters. The Bertz CT molecular complexity index is 399. The summed E-state index contributed by atoms with van der Waals surface area (Å²) in [6.45, 7) is 6.44. The number of carbonyl (C=O) groups excluding carboxylic acids is 1. The number of rotatable bonds is 2. The quantitative estimate of drug-likeness (QED) is 0.774. The number of nitrogens with one attached hydrogen (secondary N) is 1. The van der Waals surface area contributed by atoms with Crippen molar-refractivity contribution in [1.82, 2.24) is 5.32 Å². The van der Waals surface area contributed by atoms with Gasteiger partial charge in [0.05, 0.1) is 6.42 Å². The predicted molar refractivity (Wildman–Crippen MR) is 62.3 cm³/mol. The first-order valence-electron chi connectivity index (χ1n) is 5.52. The lowest BCUT2D eigenvalue weighted by atomic mass is 9.86. The van der Waals surface area contributed by atoms with E-state index in [0.717, 1.165) is 11.3 Å². The fourth-order valence-electron chi connectivity index (χ4n) is 1.74. The molecule has 1 amide bonds. The Balaban J connectivity index is 2.17. The Morgan fingerprint density at radius 3 is 2.50 bits per heavy atom. The Morgan fingerprint density at radius 1 is 1.31 bits per heavy atom. The van der Waals surface area contributed by atoms with E-state index in [1.807, 2.05) is 18.2 Å². The summed E-state index contributed by atoms with van der Waals surface area (Å²) in [6.07, 6.45) is 0.300. The average molecular weight is 219 g/mol. The zero-order valence-electron chi connectivity index (χ0n) is 9.91. The topological polar surface area (TPSA) is 38.3 Å². The summed E-state index contributed by atoms with van der Waals surface area (Å²) < 4.78 is 5.75. The van der Waals surface area contributed by atoms with E-state index in [9.17, 15) is 4.79 Å². The van der Waals surface area contributed by atoms with Crippen LogP contribution in [0.15, 0.2) is 24.3 Å². The van der Waals surface area contributed by atoms with Crippen LogP contribution >= 0.6 is 0 Å². The molecule has 2 rings (SSSR count). The third-order valence-electron chi connectivity index (χ3n) is 2.66. The van der Waals surface area contributed by atoms with Crippen molar-refractivity contribution in [2.45, 2.75) is 38.8 Å². The van der Waals surface area contributed by atoms with E-state index in [4.69, 9.17) is 4.74 Å². The van der Waals surface area contributed by atoms with Gasteiger partial charge in [0.25, 0.3) is 0 Å². The standard InChI is InChI=1S/C13H17NO2/c1-13(2,3)9-6-4-5-7-10(9)16-12-8-11(15)14-12/h4-7,12H,8H2,1-3H3,(H,14,15)/t12-/m1/s1. The number of amides is 1. The first-order valence-corrected chi connectivity index (χ1v) is 5.52. The summed E-state index contributed by atoms with van der Waals surface area (Å²) in [6, 6.07) is 7.97. The lowest BCUT2D eigenvalue weighted by Gasteiger charge is -2.30. The maximum Gasteiger partial charge on any atom is 0.228 e. The van der Waals surface area contributed by atoms with Gasteiger partial charge < -0.3 is 10.1 Å². The summed E-state index contributed by atoms with van der Waals surface area (Å²) in [4.78, 5) is 10.8. The molecule has 1 heterocycles. The van der Waals surface area contributed by atoms with Crippen molar-refractivity contribution in [2.24, 2.45) is 0 Å². The molecule has 0 saturated carbocycles. The van der Waals surface area contributed by atoms with Crippen LogP contribution < -0.4 is 10.1 Å². The zero-order valence-corrected chi connectivity index (χ0v) is 9.91. The van der Waals surface area contributed by atoms with Crippen molar-refractivity contribution in [2.75, 3.05) is 0 Å². The molecule has 0 radical (unpaired) electrons. The zero-order chi connectivity index (χ0) is 11.8. The molecule has 1 aromatic rings. The Hall–Kier alpha value is -1.51. The fourth-order valence-corrected chi connectivity index (χ4v) is 1.74. The summed E-state index contributed by atoms with van der Waals surface area (Å²) in [5.41, 5.74) is 1.21. The van der Waals surface area contributed by atoms with Gasteiger partial charge in [-0.1, -0.05) is 39.0 Å². The molecule has 86 valence electrons. The van der Waals surface area contributed by atoms with Crippen LogP contribution in [0.2, 0.25) is 0 Å². The van der Waals surface area contributed by atoms with Crippen molar-refractivity contribution >= 4 is 5.91 Å². The Morgan fingerprint density at radius 2 is 1.94 bits per heavy atom. The SMILES string of the molecule is CC(C)(C)c1ccccc1O[C@@H]1CC(=O)N1. The van der Waals surface area contributed by atoms with Crippen LogP contribution in [0, 0.1) is 0 Å². The molecule has 1 atom stereocenters. The first-order chi connectivity index (χ1) is 7.47. The third kappa shape index (κ3) is 2.18. The average Bonchev–Trinajstić information content (AvgIpc) is 2.14. The highest BCUT2D eigenvalue weighted by atomic mass is 16.5. The van der Waals surface area contributed by atoms with Crippen LogP contribution in [0.5, 0.6) is 5.75 Å². The highest BCUT2D eigenvalue weighted by Crippen LogP contribution is 2.32. The van der Waals surface area contributed by atoms with Gasteiger partial charge in [0.1, 0.15) is 5.75 Å². The maximum absolute atomic E-state index is 10.8. The number of ether oxygens (including phenoxy) is 1. The summed E-state index contributed by atoms with van der Waals surface area (Å²) >= 11 is 0. The van der Waals surface area contributed by atoms with Gasteiger partial charge in [0.2, 0.25) is 5.91 Å². The van der Waals surface area contributed by atoms with Gasteiger partial charge in [-0.2, -0.15) is 0 Å². The predicted octanol–water partition coefficient (Wildman–Crippen LogP) is 2.21. The molecule has 1 fully saturated rings. The second-order valence-corrected chi connectivity index (χ2v) is 5.12. The minimum atomic E-state index is -0.156. The maximum atomic E-state index is 10.8. The number of para-hydroxylation sites is 1. The van der Waals surface area contributed by atoms with Gasteiger partial charge in [0, 0.05) is 0 Å². The van der Waals surface area contributed by atoms with Gasteiger partial charge in [-0.3, -0.25) is 4.79 Å². The van der Waals surface area contributed by atoms with E-state index >= 15 is 0 Å². The van der Waals surface area contributed by atoms with Crippen molar-refractivity contribution in [1.29, 1.82) is 0 Å². The van der Waals surface area contributed by atoms with E-state index in [1.54, 1.807) is 0 Å². The second-order valence-electron chi connectivity index (χ2n) is 5.12. The smallest absolute Gasteiger partial charge is 0.228 e. The molecule has 16 heavy (non-hydrogen) atoms. The molecular formula is C13H17NO2. The minimum absolute atomic E-state index is 0.0460.